The van der Waals surface area contributed by atoms with Gasteiger partial charge in [0.25, 0.3) is 5.69 Å². The van der Waals surface area contributed by atoms with Crippen LogP contribution >= 0.6 is 11.6 Å². The van der Waals surface area contributed by atoms with Gasteiger partial charge in [-0.3, -0.25) is 19.8 Å². The molecule has 1 aliphatic heterocycles. The molecule has 0 spiro atoms. The van der Waals surface area contributed by atoms with Crippen LogP contribution in [0.5, 0.6) is 0 Å². The Labute approximate surface area is 127 Å². The largest absolute Gasteiger partial charge is 0.480 e. The Kier molecular flexibility index (Phi) is 5.14. The van der Waals surface area contributed by atoms with Crippen LogP contribution in [0, 0.1) is 10.1 Å². The van der Waals surface area contributed by atoms with E-state index in [9.17, 15) is 20.0 Å². The Hall–Kier alpha value is -1.66. The van der Waals surface area contributed by atoms with Crippen molar-refractivity contribution in [3.63, 3.8) is 0 Å². The van der Waals surface area contributed by atoms with E-state index in [-0.39, 0.29) is 12.2 Å². The van der Waals surface area contributed by atoms with Gasteiger partial charge < -0.3 is 5.11 Å². The number of nitrogens with zero attached hydrogens (tertiary/aromatic N) is 2. The molecule has 1 N–H and O–H groups in total. The van der Waals surface area contributed by atoms with Crippen LogP contribution in [0.1, 0.15) is 31.2 Å². The van der Waals surface area contributed by atoms with E-state index in [2.05, 4.69) is 0 Å². The van der Waals surface area contributed by atoms with E-state index in [1.807, 2.05) is 0 Å². The topological polar surface area (TPSA) is 83.7 Å². The van der Waals surface area contributed by atoms with Crippen molar-refractivity contribution in [1.29, 1.82) is 0 Å². The van der Waals surface area contributed by atoms with Gasteiger partial charge in [0.1, 0.15) is 6.04 Å². The van der Waals surface area contributed by atoms with Crippen LogP contribution < -0.4 is 0 Å². The van der Waals surface area contributed by atoms with Gasteiger partial charge in [0, 0.05) is 12.6 Å². The van der Waals surface area contributed by atoms with Crippen molar-refractivity contribution < 1.29 is 14.8 Å². The van der Waals surface area contributed by atoms with Crippen molar-refractivity contribution in [3.8, 4) is 0 Å². The van der Waals surface area contributed by atoms with Gasteiger partial charge in [-0.05, 0) is 25.5 Å². The molecule has 1 aromatic carbocycles. The maximum Gasteiger partial charge on any atom is 0.320 e. The summed E-state index contributed by atoms with van der Waals surface area (Å²) in [4.78, 5) is 23.8. The maximum absolute atomic E-state index is 11.4. The number of rotatable bonds is 4. The van der Waals surface area contributed by atoms with Crippen molar-refractivity contribution in [2.45, 2.75) is 38.3 Å². The Bertz CT molecular complexity index is 550. The minimum Gasteiger partial charge on any atom is -0.480 e. The van der Waals surface area contributed by atoms with Crippen molar-refractivity contribution in [3.05, 3.63) is 38.9 Å². The van der Waals surface area contributed by atoms with E-state index in [0.717, 1.165) is 19.3 Å². The summed E-state index contributed by atoms with van der Waals surface area (Å²) in [6.45, 7) is 0.798. The molecule has 1 fully saturated rings. The van der Waals surface area contributed by atoms with Crippen LogP contribution in [0.3, 0.4) is 0 Å². The molecular formula is C14H17ClN2O4. The fourth-order valence-electron chi connectivity index (χ4n) is 2.71. The van der Waals surface area contributed by atoms with E-state index in [4.69, 9.17) is 11.6 Å². The number of likely N-dealkylation sites (tertiary alicyclic amines) is 1. The van der Waals surface area contributed by atoms with Crippen molar-refractivity contribution in [2.24, 2.45) is 0 Å². The smallest absolute Gasteiger partial charge is 0.320 e. The van der Waals surface area contributed by atoms with E-state index in [1.165, 1.54) is 12.1 Å². The SMILES string of the molecule is O=C(O)C1CCCCCN1Cc1c(Cl)cccc1[N+](=O)[O-]. The molecule has 0 aromatic heterocycles. The van der Waals surface area contributed by atoms with Gasteiger partial charge in [0.15, 0.2) is 0 Å². The van der Waals surface area contributed by atoms with Gasteiger partial charge in [0.2, 0.25) is 0 Å². The number of benzene rings is 1. The van der Waals surface area contributed by atoms with E-state index in [1.54, 1.807) is 11.0 Å². The molecule has 21 heavy (non-hydrogen) atoms. The molecule has 114 valence electrons. The fourth-order valence-corrected chi connectivity index (χ4v) is 2.94. The quantitative estimate of drug-likeness (QED) is 0.682. The zero-order valence-corrected chi connectivity index (χ0v) is 12.3. The lowest BCUT2D eigenvalue weighted by Gasteiger charge is -2.26. The third-order valence-corrected chi connectivity index (χ3v) is 4.15. The monoisotopic (exact) mass is 312 g/mol. The fraction of sp³-hybridized carbons (Fsp3) is 0.500. The van der Waals surface area contributed by atoms with Crippen LogP contribution in [-0.2, 0) is 11.3 Å². The normalized spacial score (nSPS) is 20.0. The highest BCUT2D eigenvalue weighted by molar-refractivity contribution is 6.31. The summed E-state index contributed by atoms with van der Waals surface area (Å²) in [6.07, 6.45) is 3.29. The molecule has 1 saturated heterocycles. The number of halogens is 1. The second-order valence-corrected chi connectivity index (χ2v) is 5.58. The first kappa shape index (κ1) is 15.7. The predicted molar refractivity (Wildman–Crippen MR) is 78.4 cm³/mol. The molecule has 1 aliphatic rings. The van der Waals surface area contributed by atoms with Gasteiger partial charge >= 0.3 is 5.97 Å². The summed E-state index contributed by atoms with van der Waals surface area (Å²) in [6, 6.07) is 3.91. The summed E-state index contributed by atoms with van der Waals surface area (Å²) < 4.78 is 0. The lowest BCUT2D eigenvalue weighted by molar-refractivity contribution is -0.385. The molecule has 0 bridgehead atoms. The summed E-state index contributed by atoms with van der Waals surface area (Å²) in [7, 11) is 0. The van der Waals surface area contributed by atoms with E-state index < -0.39 is 16.9 Å². The predicted octanol–water partition coefficient (Wildman–Crippen LogP) is 3.08. The molecule has 1 unspecified atom stereocenters. The van der Waals surface area contributed by atoms with Crippen LogP contribution in [0.15, 0.2) is 18.2 Å². The van der Waals surface area contributed by atoms with E-state index in [0.29, 0.717) is 23.6 Å². The maximum atomic E-state index is 11.4. The molecule has 1 atom stereocenters. The van der Waals surface area contributed by atoms with E-state index >= 15 is 0 Å². The Balaban J connectivity index is 2.30. The second kappa shape index (κ2) is 6.87. The molecule has 0 saturated carbocycles. The van der Waals surface area contributed by atoms with Gasteiger partial charge in [-0.25, -0.2) is 0 Å². The molecule has 1 aromatic rings. The minimum absolute atomic E-state index is 0.0594. The zero-order chi connectivity index (χ0) is 15.4. The Morgan fingerprint density at radius 1 is 1.43 bits per heavy atom. The standard InChI is InChI=1S/C14H17ClN2O4/c15-11-5-4-7-12(17(20)21)10(11)9-16-8-3-1-2-6-13(16)14(18)19/h4-5,7,13H,1-3,6,8-9H2,(H,18,19). The highest BCUT2D eigenvalue weighted by Gasteiger charge is 2.29. The Morgan fingerprint density at radius 2 is 2.19 bits per heavy atom. The number of carboxylic acids is 1. The lowest BCUT2D eigenvalue weighted by atomic mass is 10.1. The first-order chi connectivity index (χ1) is 10.0. The highest BCUT2D eigenvalue weighted by Crippen LogP contribution is 2.29. The molecular weight excluding hydrogens is 296 g/mol. The third-order valence-electron chi connectivity index (χ3n) is 3.80. The van der Waals surface area contributed by atoms with Gasteiger partial charge in [0.05, 0.1) is 15.5 Å². The lowest BCUT2D eigenvalue weighted by Crippen LogP contribution is -2.40. The van der Waals surface area contributed by atoms with Crippen molar-refractivity contribution >= 4 is 23.3 Å². The van der Waals surface area contributed by atoms with Gasteiger partial charge in [-0.1, -0.05) is 30.5 Å². The number of aliphatic carboxylic acids is 1. The number of carboxylic acid groups (broad SMARTS) is 1. The summed E-state index contributed by atoms with van der Waals surface area (Å²) in [5, 5.41) is 20.8. The van der Waals surface area contributed by atoms with Gasteiger partial charge in [-0.2, -0.15) is 0 Å². The molecule has 7 heteroatoms. The number of nitro groups is 1. The molecule has 6 nitrogen and oxygen atoms in total. The highest BCUT2D eigenvalue weighted by atomic mass is 35.5. The first-order valence-electron chi connectivity index (χ1n) is 6.89. The first-order valence-corrected chi connectivity index (χ1v) is 7.27. The van der Waals surface area contributed by atoms with Gasteiger partial charge in [-0.15, -0.1) is 0 Å². The number of hydrogen-bond acceptors (Lipinski definition) is 4. The molecule has 0 radical (unpaired) electrons. The van der Waals surface area contributed by atoms with Crippen LogP contribution in [-0.4, -0.2) is 33.5 Å². The van der Waals surface area contributed by atoms with Crippen LogP contribution in [0.4, 0.5) is 5.69 Å². The second-order valence-electron chi connectivity index (χ2n) is 5.17. The number of nitro benzene ring substituents is 1. The van der Waals surface area contributed by atoms with Crippen molar-refractivity contribution in [1.82, 2.24) is 4.90 Å². The van der Waals surface area contributed by atoms with Crippen LogP contribution in [0.25, 0.3) is 0 Å². The summed E-state index contributed by atoms with van der Waals surface area (Å²) in [5.74, 6) is -0.883. The average molecular weight is 313 g/mol. The molecule has 0 aliphatic carbocycles. The average Bonchev–Trinajstić information content (AvgIpc) is 2.66. The summed E-state index contributed by atoms with van der Waals surface area (Å²) in [5.41, 5.74) is 0.327. The third kappa shape index (κ3) is 3.71. The number of hydrogen-bond donors (Lipinski definition) is 1. The molecule has 0 amide bonds. The van der Waals surface area contributed by atoms with Crippen molar-refractivity contribution in [2.75, 3.05) is 6.54 Å². The molecule has 2 rings (SSSR count). The van der Waals surface area contributed by atoms with Crippen LogP contribution in [0.2, 0.25) is 5.02 Å². The summed E-state index contributed by atoms with van der Waals surface area (Å²) >= 11 is 6.08. The molecule has 1 heterocycles. The zero-order valence-electron chi connectivity index (χ0n) is 11.5. The number of carbonyl (C=O) groups is 1. The minimum atomic E-state index is -0.883. The Morgan fingerprint density at radius 3 is 2.86 bits per heavy atom.